The van der Waals surface area contributed by atoms with Gasteiger partial charge in [-0.1, -0.05) is 0 Å². The van der Waals surface area contributed by atoms with Gasteiger partial charge in [-0.05, 0) is 5.92 Å². The maximum atomic E-state index is 11.3. The second kappa shape index (κ2) is 3.05. The van der Waals surface area contributed by atoms with Crippen LogP contribution in [0.2, 0.25) is 0 Å². The molecule has 0 unspecified atom stereocenters. The first-order valence-corrected chi connectivity index (χ1v) is 4.72. The predicted octanol–water partition coefficient (Wildman–Crippen LogP) is -0.916. The summed E-state index contributed by atoms with van der Waals surface area (Å²) in [5.41, 5.74) is 0. The monoisotopic (exact) mass is 170 g/mol. The number of ether oxygens (including phenoxy) is 1. The molecular weight excluding hydrogens is 154 g/mol. The summed E-state index contributed by atoms with van der Waals surface area (Å²) in [5.74, 6) is 0.833. The molecule has 0 radical (unpaired) electrons. The van der Waals surface area contributed by atoms with Gasteiger partial charge >= 0.3 is 5.97 Å². The summed E-state index contributed by atoms with van der Waals surface area (Å²) in [4.78, 5) is 12.9. The first-order valence-electron chi connectivity index (χ1n) is 4.72. The lowest BCUT2D eigenvalue weighted by Gasteiger charge is -2.40. The molecule has 3 saturated heterocycles. The minimum Gasteiger partial charge on any atom is -0.469 e. The summed E-state index contributed by atoms with van der Waals surface area (Å²) in [7, 11) is 1.50. The molecule has 1 atom stereocenters. The summed E-state index contributed by atoms with van der Waals surface area (Å²) >= 11 is 0. The van der Waals surface area contributed by atoms with E-state index in [1.54, 1.807) is 4.90 Å². The lowest BCUT2D eigenvalue weighted by molar-refractivity contribution is -0.919. The Morgan fingerprint density at radius 2 is 2.08 bits per heavy atom. The van der Waals surface area contributed by atoms with Crippen molar-refractivity contribution in [3.63, 3.8) is 0 Å². The Morgan fingerprint density at radius 3 is 2.50 bits per heavy atom. The summed E-state index contributed by atoms with van der Waals surface area (Å²) < 4.78 is 4.79. The lowest BCUT2D eigenvalue weighted by Crippen LogP contribution is -3.16. The van der Waals surface area contributed by atoms with Crippen LogP contribution in [0.3, 0.4) is 0 Å². The molecule has 0 amide bonds. The number of rotatable bonds is 1. The minimum absolute atomic E-state index is 0.0110. The molecule has 12 heavy (non-hydrogen) atoms. The van der Waals surface area contributed by atoms with Crippen molar-refractivity contribution in [2.24, 2.45) is 11.8 Å². The smallest absolute Gasteiger partial charge is 0.314 e. The molecule has 3 aliphatic heterocycles. The van der Waals surface area contributed by atoms with Crippen LogP contribution in [-0.4, -0.2) is 32.7 Å². The van der Waals surface area contributed by atoms with Gasteiger partial charge in [0.25, 0.3) is 0 Å². The van der Waals surface area contributed by atoms with Crippen molar-refractivity contribution in [1.82, 2.24) is 0 Å². The van der Waals surface area contributed by atoms with E-state index in [2.05, 4.69) is 0 Å². The molecule has 3 heteroatoms. The number of methoxy groups -OCH3 is 1. The summed E-state index contributed by atoms with van der Waals surface area (Å²) in [5, 5.41) is 0. The van der Waals surface area contributed by atoms with Gasteiger partial charge in [-0.3, -0.25) is 4.79 Å². The van der Waals surface area contributed by atoms with E-state index in [9.17, 15) is 4.79 Å². The third-order valence-electron chi connectivity index (χ3n) is 3.32. The van der Waals surface area contributed by atoms with E-state index in [0.29, 0.717) is 5.92 Å². The largest absolute Gasteiger partial charge is 0.469 e. The molecular formula is C9H16NO2+. The van der Waals surface area contributed by atoms with E-state index in [0.717, 1.165) is 6.54 Å². The van der Waals surface area contributed by atoms with Gasteiger partial charge in [-0.2, -0.15) is 0 Å². The Hall–Kier alpha value is -0.570. The molecule has 0 spiro atoms. The Kier molecular flexibility index (Phi) is 2.05. The number of esters is 1. The zero-order valence-corrected chi connectivity index (χ0v) is 7.51. The lowest BCUT2D eigenvalue weighted by atomic mass is 9.79. The predicted molar refractivity (Wildman–Crippen MR) is 43.8 cm³/mol. The fraction of sp³-hybridized carbons (Fsp3) is 0.889. The number of piperidine rings is 3. The molecule has 0 aliphatic carbocycles. The number of nitrogens with one attached hydrogen (secondary N) is 1. The van der Waals surface area contributed by atoms with E-state index in [1.807, 2.05) is 0 Å². The number of hydrogen-bond donors (Lipinski definition) is 1. The van der Waals surface area contributed by atoms with Gasteiger partial charge in [-0.25, -0.2) is 0 Å². The van der Waals surface area contributed by atoms with Crippen molar-refractivity contribution in [1.29, 1.82) is 0 Å². The van der Waals surface area contributed by atoms with Crippen molar-refractivity contribution in [2.45, 2.75) is 12.8 Å². The first-order chi connectivity index (χ1) is 5.81. The fourth-order valence-electron chi connectivity index (χ4n) is 2.56. The second-order valence-electron chi connectivity index (χ2n) is 3.92. The highest BCUT2D eigenvalue weighted by atomic mass is 16.5. The zero-order valence-electron chi connectivity index (χ0n) is 7.51. The third-order valence-corrected chi connectivity index (χ3v) is 3.32. The fourth-order valence-corrected chi connectivity index (χ4v) is 2.56. The highest BCUT2D eigenvalue weighted by Gasteiger charge is 2.41. The van der Waals surface area contributed by atoms with Crippen molar-refractivity contribution in [3.05, 3.63) is 0 Å². The van der Waals surface area contributed by atoms with Crippen molar-refractivity contribution in [3.8, 4) is 0 Å². The quantitative estimate of drug-likeness (QED) is 0.516. The number of quaternary nitrogens is 1. The number of hydrogen-bond acceptors (Lipinski definition) is 2. The van der Waals surface area contributed by atoms with Crippen LogP contribution in [0.5, 0.6) is 0 Å². The molecule has 68 valence electrons. The topological polar surface area (TPSA) is 30.7 Å². The molecule has 0 saturated carbocycles. The number of carbonyl (C=O) groups is 1. The Morgan fingerprint density at radius 1 is 1.42 bits per heavy atom. The SMILES string of the molecule is COC(=O)[C@@H]1C[NH+]2CCC1CC2. The maximum Gasteiger partial charge on any atom is 0.314 e. The summed E-state index contributed by atoms with van der Waals surface area (Å²) in [6.07, 6.45) is 2.43. The van der Waals surface area contributed by atoms with Crippen molar-refractivity contribution < 1.29 is 14.4 Å². The highest BCUT2D eigenvalue weighted by Crippen LogP contribution is 2.24. The maximum absolute atomic E-state index is 11.3. The molecule has 1 N–H and O–H groups in total. The number of carbonyl (C=O) groups excluding carboxylic acids is 1. The van der Waals surface area contributed by atoms with Gasteiger partial charge in [0.15, 0.2) is 0 Å². The Bertz CT molecular complexity index is 185. The summed E-state index contributed by atoms with van der Waals surface area (Å²) in [6.45, 7) is 3.54. The summed E-state index contributed by atoms with van der Waals surface area (Å²) in [6, 6.07) is 0. The standard InChI is InChI=1S/C9H15NO2/c1-12-9(11)8-6-10-4-2-7(8)3-5-10/h7-8H,2-6H2,1H3/p+1/t8-/m1/s1. The van der Waals surface area contributed by atoms with E-state index >= 15 is 0 Å². The molecule has 0 aromatic heterocycles. The molecule has 3 nitrogen and oxygen atoms in total. The molecule has 3 aliphatic rings. The van der Waals surface area contributed by atoms with Crippen LogP contribution in [0, 0.1) is 11.8 Å². The van der Waals surface area contributed by atoms with Crippen LogP contribution in [0.4, 0.5) is 0 Å². The van der Waals surface area contributed by atoms with Gasteiger partial charge in [-0.15, -0.1) is 0 Å². The Labute approximate surface area is 72.7 Å². The van der Waals surface area contributed by atoms with Gasteiger partial charge in [0.2, 0.25) is 0 Å². The van der Waals surface area contributed by atoms with Crippen LogP contribution in [-0.2, 0) is 9.53 Å². The van der Waals surface area contributed by atoms with Crippen LogP contribution in [0.25, 0.3) is 0 Å². The minimum atomic E-state index is 0.0110. The van der Waals surface area contributed by atoms with E-state index in [-0.39, 0.29) is 11.9 Å². The van der Waals surface area contributed by atoms with Gasteiger partial charge in [0.05, 0.1) is 26.7 Å². The van der Waals surface area contributed by atoms with Gasteiger partial charge < -0.3 is 9.64 Å². The van der Waals surface area contributed by atoms with Crippen molar-refractivity contribution in [2.75, 3.05) is 26.7 Å². The van der Waals surface area contributed by atoms with E-state index in [1.165, 1.54) is 33.0 Å². The normalized spacial score (nSPS) is 39.6. The highest BCUT2D eigenvalue weighted by molar-refractivity contribution is 5.72. The van der Waals surface area contributed by atoms with E-state index in [4.69, 9.17) is 4.74 Å². The molecule has 3 heterocycles. The van der Waals surface area contributed by atoms with Gasteiger partial charge in [0.1, 0.15) is 5.92 Å². The molecule has 0 aromatic rings. The van der Waals surface area contributed by atoms with Crippen LogP contribution >= 0.6 is 0 Å². The second-order valence-corrected chi connectivity index (χ2v) is 3.92. The number of fused-ring (bicyclic) bond motifs is 3. The molecule has 2 bridgehead atoms. The van der Waals surface area contributed by atoms with Crippen LogP contribution in [0.15, 0.2) is 0 Å². The average molecular weight is 170 g/mol. The molecule has 3 rings (SSSR count). The Balaban J connectivity index is 2.03. The molecule has 0 aromatic carbocycles. The molecule has 3 fully saturated rings. The van der Waals surface area contributed by atoms with E-state index < -0.39 is 0 Å². The van der Waals surface area contributed by atoms with Crippen molar-refractivity contribution >= 4 is 5.97 Å². The average Bonchev–Trinajstić information content (AvgIpc) is 2.18. The van der Waals surface area contributed by atoms with Crippen LogP contribution in [0.1, 0.15) is 12.8 Å². The zero-order chi connectivity index (χ0) is 8.55. The van der Waals surface area contributed by atoms with Crippen LogP contribution < -0.4 is 4.90 Å². The first kappa shape index (κ1) is 8.05. The van der Waals surface area contributed by atoms with Gasteiger partial charge in [0, 0.05) is 12.8 Å². The third kappa shape index (κ3) is 1.22.